The molecular weight excluding hydrogens is 384 g/mol. The zero-order valence-corrected chi connectivity index (χ0v) is 17.6. The molecule has 29 heavy (non-hydrogen) atoms. The SMILES string of the molecule is Cc1cccc2c(=O)[nH]c(CSc3nnc(-c4ccc(C(C)(C)C)cc4)o3)nc12. The second-order valence-corrected chi connectivity index (χ2v) is 8.90. The Kier molecular flexibility index (Phi) is 5.00. The first-order chi connectivity index (χ1) is 13.8. The van der Waals surface area contributed by atoms with E-state index in [1.165, 1.54) is 17.3 Å². The molecule has 0 spiro atoms. The number of aromatic nitrogens is 4. The molecular formula is C22H22N4O2S. The Morgan fingerprint density at radius 2 is 1.83 bits per heavy atom. The summed E-state index contributed by atoms with van der Waals surface area (Å²) in [6.07, 6.45) is 0. The molecule has 0 aliphatic carbocycles. The van der Waals surface area contributed by atoms with E-state index in [1.54, 1.807) is 6.07 Å². The van der Waals surface area contributed by atoms with Crippen molar-refractivity contribution < 1.29 is 4.42 Å². The Morgan fingerprint density at radius 1 is 1.07 bits per heavy atom. The number of hydrogen-bond donors (Lipinski definition) is 1. The fraction of sp³-hybridized carbons (Fsp3) is 0.273. The molecule has 4 aromatic rings. The molecule has 0 bridgehead atoms. The van der Waals surface area contributed by atoms with Gasteiger partial charge in [0.2, 0.25) is 5.89 Å². The first-order valence-corrected chi connectivity index (χ1v) is 10.4. The Labute approximate surface area is 172 Å². The topological polar surface area (TPSA) is 84.7 Å². The molecule has 1 N–H and O–H groups in total. The number of hydrogen-bond acceptors (Lipinski definition) is 6. The van der Waals surface area contributed by atoms with Crippen molar-refractivity contribution in [2.45, 2.75) is 44.1 Å². The number of rotatable bonds is 4. The molecule has 2 aromatic carbocycles. The van der Waals surface area contributed by atoms with Crippen LogP contribution < -0.4 is 5.56 Å². The number of fused-ring (bicyclic) bond motifs is 1. The van der Waals surface area contributed by atoms with E-state index in [-0.39, 0.29) is 11.0 Å². The molecule has 0 amide bonds. The Balaban J connectivity index is 1.51. The average Bonchev–Trinajstić information content (AvgIpc) is 3.16. The van der Waals surface area contributed by atoms with Gasteiger partial charge in [0, 0.05) is 5.56 Å². The monoisotopic (exact) mass is 406 g/mol. The minimum Gasteiger partial charge on any atom is -0.411 e. The van der Waals surface area contributed by atoms with Crippen molar-refractivity contribution in [2.24, 2.45) is 0 Å². The largest absolute Gasteiger partial charge is 0.411 e. The van der Waals surface area contributed by atoms with Crippen molar-refractivity contribution in [3.8, 4) is 11.5 Å². The van der Waals surface area contributed by atoms with Gasteiger partial charge in [-0.2, -0.15) is 0 Å². The Morgan fingerprint density at radius 3 is 2.55 bits per heavy atom. The fourth-order valence-corrected chi connectivity index (χ4v) is 3.68. The number of thioether (sulfide) groups is 1. The predicted octanol–water partition coefficient (Wildman–Crippen LogP) is 4.87. The standard InChI is InChI=1S/C22H22N4O2S/c1-13-6-5-7-16-18(13)23-17(24-19(16)27)12-29-21-26-25-20(28-21)14-8-10-15(11-9-14)22(2,3)4/h5-11H,12H2,1-4H3,(H,23,24,27). The summed E-state index contributed by atoms with van der Waals surface area (Å²) in [7, 11) is 0. The van der Waals surface area contributed by atoms with Crippen LogP contribution in [0.25, 0.3) is 22.4 Å². The van der Waals surface area contributed by atoms with Gasteiger partial charge < -0.3 is 9.40 Å². The second kappa shape index (κ2) is 7.48. The van der Waals surface area contributed by atoms with Gasteiger partial charge in [-0.3, -0.25) is 4.79 Å². The highest BCUT2D eigenvalue weighted by molar-refractivity contribution is 7.98. The molecule has 0 unspecified atom stereocenters. The molecule has 2 aromatic heterocycles. The summed E-state index contributed by atoms with van der Waals surface area (Å²) in [5, 5.41) is 9.28. The number of aryl methyl sites for hydroxylation is 1. The predicted molar refractivity (Wildman–Crippen MR) is 115 cm³/mol. The van der Waals surface area contributed by atoms with Crippen molar-refractivity contribution in [3.05, 3.63) is 69.8 Å². The van der Waals surface area contributed by atoms with Crippen molar-refractivity contribution in [3.63, 3.8) is 0 Å². The number of nitrogens with one attached hydrogen (secondary N) is 1. The number of aromatic amines is 1. The first-order valence-electron chi connectivity index (χ1n) is 9.37. The van der Waals surface area contributed by atoms with Crippen LogP contribution in [-0.4, -0.2) is 20.2 Å². The highest BCUT2D eigenvalue weighted by Crippen LogP contribution is 2.28. The van der Waals surface area contributed by atoms with Crippen LogP contribution in [0.3, 0.4) is 0 Å². The third kappa shape index (κ3) is 4.10. The minimum absolute atomic E-state index is 0.0938. The van der Waals surface area contributed by atoms with Crippen LogP contribution in [0.15, 0.2) is 56.9 Å². The third-order valence-corrected chi connectivity index (χ3v) is 5.55. The molecule has 0 atom stereocenters. The van der Waals surface area contributed by atoms with Gasteiger partial charge in [0.25, 0.3) is 10.8 Å². The van der Waals surface area contributed by atoms with E-state index >= 15 is 0 Å². The fourth-order valence-electron chi connectivity index (χ4n) is 3.05. The van der Waals surface area contributed by atoms with Gasteiger partial charge in [0.15, 0.2) is 0 Å². The van der Waals surface area contributed by atoms with Gasteiger partial charge in [-0.1, -0.05) is 56.8 Å². The van der Waals surface area contributed by atoms with E-state index in [0.717, 1.165) is 16.6 Å². The summed E-state index contributed by atoms with van der Waals surface area (Å²) < 4.78 is 5.78. The summed E-state index contributed by atoms with van der Waals surface area (Å²) in [5.41, 5.74) is 3.77. The van der Waals surface area contributed by atoms with Gasteiger partial charge in [0.05, 0.1) is 16.7 Å². The maximum Gasteiger partial charge on any atom is 0.277 e. The van der Waals surface area contributed by atoms with Crippen LogP contribution >= 0.6 is 11.8 Å². The molecule has 148 valence electrons. The average molecular weight is 407 g/mol. The number of H-pyrrole nitrogens is 1. The molecule has 0 saturated carbocycles. The highest BCUT2D eigenvalue weighted by atomic mass is 32.2. The molecule has 2 heterocycles. The van der Waals surface area contributed by atoms with E-state index in [4.69, 9.17) is 4.42 Å². The van der Waals surface area contributed by atoms with E-state index in [2.05, 4.69) is 53.1 Å². The van der Waals surface area contributed by atoms with Crippen molar-refractivity contribution in [2.75, 3.05) is 0 Å². The summed E-state index contributed by atoms with van der Waals surface area (Å²) in [6.45, 7) is 8.48. The van der Waals surface area contributed by atoms with E-state index < -0.39 is 0 Å². The van der Waals surface area contributed by atoms with Gasteiger partial charge >= 0.3 is 0 Å². The van der Waals surface area contributed by atoms with Gasteiger partial charge in [0.1, 0.15) is 5.82 Å². The Hall–Kier alpha value is -2.93. The molecule has 4 rings (SSSR count). The zero-order chi connectivity index (χ0) is 20.6. The lowest BCUT2D eigenvalue weighted by Crippen LogP contribution is -2.11. The number of para-hydroxylation sites is 1. The van der Waals surface area contributed by atoms with Crippen LogP contribution in [-0.2, 0) is 11.2 Å². The molecule has 0 radical (unpaired) electrons. The maximum absolute atomic E-state index is 12.3. The lowest BCUT2D eigenvalue weighted by Gasteiger charge is -2.18. The Bertz CT molecular complexity index is 1220. The van der Waals surface area contributed by atoms with E-state index in [9.17, 15) is 4.79 Å². The normalized spacial score (nSPS) is 11.9. The zero-order valence-electron chi connectivity index (χ0n) is 16.8. The van der Waals surface area contributed by atoms with Gasteiger partial charge in [-0.25, -0.2) is 4.98 Å². The second-order valence-electron chi connectivity index (χ2n) is 7.97. The van der Waals surface area contributed by atoms with Gasteiger partial charge in [-0.15, -0.1) is 10.2 Å². The molecule has 0 aliphatic rings. The lowest BCUT2D eigenvalue weighted by molar-refractivity contribution is 0.465. The molecule has 7 heteroatoms. The molecule has 6 nitrogen and oxygen atoms in total. The summed E-state index contributed by atoms with van der Waals surface area (Å²) in [5.74, 6) is 1.49. The smallest absolute Gasteiger partial charge is 0.277 e. The number of benzene rings is 2. The first kappa shape index (κ1) is 19.4. The summed E-state index contributed by atoms with van der Waals surface area (Å²) >= 11 is 1.35. The maximum atomic E-state index is 12.3. The van der Waals surface area contributed by atoms with Crippen LogP contribution in [0.1, 0.15) is 37.7 Å². The van der Waals surface area contributed by atoms with Crippen LogP contribution in [0.5, 0.6) is 0 Å². The van der Waals surface area contributed by atoms with Crippen LogP contribution in [0, 0.1) is 6.92 Å². The van der Waals surface area contributed by atoms with Crippen LogP contribution in [0.2, 0.25) is 0 Å². The third-order valence-electron chi connectivity index (χ3n) is 4.72. The molecule has 0 aliphatic heterocycles. The number of nitrogens with zero attached hydrogens (tertiary/aromatic N) is 3. The lowest BCUT2D eigenvalue weighted by atomic mass is 9.87. The van der Waals surface area contributed by atoms with E-state index in [0.29, 0.717) is 28.1 Å². The van der Waals surface area contributed by atoms with Crippen LogP contribution in [0.4, 0.5) is 0 Å². The summed E-state index contributed by atoms with van der Waals surface area (Å²) in [4.78, 5) is 19.7. The van der Waals surface area contributed by atoms with Crippen molar-refractivity contribution >= 4 is 22.7 Å². The minimum atomic E-state index is -0.139. The highest BCUT2D eigenvalue weighted by Gasteiger charge is 2.15. The van der Waals surface area contributed by atoms with Crippen molar-refractivity contribution in [1.29, 1.82) is 0 Å². The molecule has 0 saturated heterocycles. The quantitative estimate of drug-likeness (QED) is 0.487. The molecule has 0 fully saturated rings. The van der Waals surface area contributed by atoms with E-state index in [1.807, 2.05) is 31.2 Å². The summed E-state index contributed by atoms with van der Waals surface area (Å²) in [6, 6.07) is 13.7. The van der Waals surface area contributed by atoms with Crippen molar-refractivity contribution in [1.82, 2.24) is 20.2 Å². The van der Waals surface area contributed by atoms with Gasteiger partial charge in [-0.05, 0) is 41.7 Å².